The quantitative estimate of drug-likeness (QED) is 0.331. The van der Waals surface area contributed by atoms with Crippen molar-refractivity contribution in [2.24, 2.45) is 5.10 Å². The summed E-state index contributed by atoms with van der Waals surface area (Å²) in [7, 11) is 2.93. The highest BCUT2D eigenvalue weighted by Crippen LogP contribution is 2.30. The molecule has 0 spiro atoms. The first kappa shape index (κ1) is 21.6. The topological polar surface area (TPSA) is 121 Å². The predicted octanol–water partition coefficient (Wildman–Crippen LogP) is 2.25. The van der Waals surface area contributed by atoms with Gasteiger partial charge < -0.3 is 14.2 Å². The number of ether oxygens (including phenoxy) is 3. The van der Waals surface area contributed by atoms with Gasteiger partial charge in [0, 0.05) is 12.3 Å². The highest BCUT2D eigenvalue weighted by molar-refractivity contribution is 5.93. The van der Waals surface area contributed by atoms with Crippen LogP contribution in [-0.4, -0.2) is 52.9 Å². The van der Waals surface area contributed by atoms with Crippen molar-refractivity contribution >= 4 is 12.1 Å². The molecule has 3 heterocycles. The largest absolute Gasteiger partial charge is 0.496 e. The second-order valence-corrected chi connectivity index (χ2v) is 5.90. The van der Waals surface area contributed by atoms with Gasteiger partial charge >= 0.3 is 0 Å². The molecule has 0 unspecified atom stereocenters. The number of pyridine rings is 2. The summed E-state index contributed by atoms with van der Waals surface area (Å²) >= 11 is 0. The van der Waals surface area contributed by atoms with Crippen molar-refractivity contribution in [2.75, 3.05) is 20.8 Å². The average molecular weight is 426 g/mol. The van der Waals surface area contributed by atoms with Gasteiger partial charge in [-0.05, 0) is 13.0 Å². The van der Waals surface area contributed by atoms with Crippen molar-refractivity contribution in [1.29, 1.82) is 0 Å². The molecule has 1 amide bonds. The summed E-state index contributed by atoms with van der Waals surface area (Å²) in [4.78, 5) is 28.4. The minimum atomic E-state index is -0.754. The van der Waals surface area contributed by atoms with Gasteiger partial charge in [-0.25, -0.2) is 20.4 Å². The number of amides is 1. The van der Waals surface area contributed by atoms with Crippen LogP contribution in [0.3, 0.4) is 0 Å². The number of nitrogens with zero attached hydrogens (tertiary/aromatic N) is 5. The lowest BCUT2D eigenvalue weighted by molar-refractivity contribution is 0.0950. The zero-order valence-corrected chi connectivity index (χ0v) is 17.0. The zero-order chi connectivity index (χ0) is 22.2. The van der Waals surface area contributed by atoms with Gasteiger partial charge in [0.2, 0.25) is 11.8 Å². The third-order valence-corrected chi connectivity index (χ3v) is 3.94. The SMILES string of the molecule is CCOc1cc(OC)c(-c2cncc(C(=O)N/N=C/c3cc(OC)cnc3F)n2)cn1. The smallest absolute Gasteiger partial charge is 0.291 e. The second-order valence-electron chi connectivity index (χ2n) is 5.90. The molecule has 0 saturated heterocycles. The van der Waals surface area contributed by atoms with Crippen molar-refractivity contribution in [3.05, 3.63) is 54.1 Å². The first-order valence-electron chi connectivity index (χ1n) is 9.07. The van der Waals surface area contributed by atoms with Crippen molar-refractivity contribution in [3.8, 4) is 28.6 Å². The maximum atomic E-state index is 13.7. The first-order chi connectivity index (χ1) is 15.0. The Morgan fingerprint density at radius 1 is 1.16 bits per heavy atom. The van der Waals surface area contributed by atoms with E-state index in [1.165, 1.54) is 45.1 Å². The van der Waals surface area contributed by atoms with Crippen LogP contribution in [0.5, 0.6) is 17.4 Å². The van der Waals surface area contributed by atoms with E-state index >= 15 is 0 Å². The van der Waals surface area contributed by atoms with E-state index in [4.69, 9.17) is 14.2 Å². The van der Waals surface area contributed by atoms with Gasteiger partial charge in [0.25, 0.3) is 5.91 Å². The Morgan fingerprint density at radius 3 is 2.74 bits per heavy atom. The number of nitrogens with one attached hydrogen (secondary N) is 1. The second kappa shape index (κ2) is 10.1. The monoisotopic (exact) mass is 426 g/mol. The molecule has 3 rings (SSSR count). The number of hydrogen-bond donors (Lipinski definition) is 1. The van der Waals surface area contributed by atoms with E-state index in [0.29, 0.717) is 35.2 Å². The normalized spacial score (nSPS) is 10.7. The number of hydrogen-bond acceptors (Lipinski definition) is 9. The maximum absolute atomic E-state index is 13.7. The lowest BCUT2D eigenvalue weighted by atomic mass is 10.2. The number of halogens is 1. The Balaban J connectivity index is 1.78. The van der Waals surface area contributed by atoms with E-state index in [1.54, 1.807) is 6.07 Å². The van der Waals surface area contributed by atoms with Crippen LogP contribution in [-0.2, 0) is 0 Å². The van der Waals surface area contributed by atoms with Gasteiger partial charge in [-0.15, -0.1) is 0 Å². The molecule has 0 atom stereocenters. The van der Waals surface area contributed by atoms with E-state index in [-0.39, 0.29) is 11.3 Å². The highest BCUT2D eigenvalue weighted by Gasteiger charge is 2.14. The summed E-state index contributed by atoms with van der Waals surface area (Å²) in [6.45, 7) is 2.30. The van der Waals surface area contributed by atoms with Gasteiger partial charge in [0.15, 0.2) is 0 Å². The molecular formula is C20H19FN6O4. The summed E-state index contributed by atoms with van der Waals surface area (Å²) in [6, 6.07) is 3.01. The number of carbonyl (C=O) groups excluding carboxylic acids is 1. The molecule has 3 aromatic rings. The molecule has 0 aliphatic heterocycles. The number of aromatic nitrogens is 4. The molecule has 0 aliphatic rings. The molecule has 11 heteroatoms. The van der Waals surface area contributed by atoms with Crippen LogP contribution in [0.4, 0.5) is 4.39 Å². The Hall–Kier alpha value is -4.15. The number of hydrazone groups is 1. The van der Waals surface area contributed by atoms with Crippen LogP contribution in [0.15, 0.2) is 42.0 Å². The van der Waals surface area contributed by atoms with Gasteiger partial charge in [-0.1, -0.05) is 0 Å². The maximum Gasteiger partial charge on any atom is 0.291 e. The number of rotatable bonds is 8. The van der Waals surface area contributed by atoms with E-state index in [9.17, 15) is 9.18 Å². The molecule has 0 aromatic carbocycles. The summed E-state index contributed by atoms with van der Waals surface area (Å²) in [5.41, 5.74) is 3.21. The van der Waals surface area contributed by atoms with Crippen molar-refractivity contribution < 1.29 is 23.4 Å². The van der Waals surface area contributed by atoms with Gasteiger partial charge in [0.1, 0.15) is 17.2 Å². The van der Waals surface area contributed by atoms with Crippen LogP contribution in [0.1, 0.15) is 23.0 Å². The van der Waals surface area contributed by atoms with Crippen LogP contribution >= 0.6 is 0 Å². The molecule has 0 fully saturated rings. The fourth-order valence-corrected chi connectivity index (χ4v) is 2.48. The zero-order valence-electron chi connectivity index (χ0n) is 17.0. The molecule has 0 aliphatic carbocycles. The molecular weight excluding hydrogens is 407 g/mol. The van der Waals surface area contributed by atoms with Crippen LogP contribution in [0.2, 0.25) is 0 Å². The molecule has 0 saturated carbocycles. The van der Waals surface area contributed by atoms with Crippen LogP contribution in [0.25, 0.3) is 11.3 Å². The lowest BCUT2D eigenvalue weighted by Crippen LogP contribution is -2.19. The summed E-state index contributed by atoms with van der Waals surface area (Å²) in [5, 5.41) is 3.74. The molecule has 3 aromatic heterocycles. The molecule has 0 radical (unpaired) electrons. The van der Waals surface area contributed by atoms with Crippen molar-refractivity contribution in [1.82, 2.24) is 25.4 Å². The average Bonchev–Trinajstić information content (AvgIpc) is 2.80. The van der Waals surface area contributed by atoms with Gasteiger partial charge in [-0.3, -0.25) is 9.78 Å². The fraction of sp³-hybridized carbons (Fsp3) is 0.200. The van der Waals surface area contributed by atoms with Crippen molar-refractivity contribution in [3.63, 3.8) is 0 Å². The Labute approximate surface area is 177 Å². The summed E-state index contributed by atoms with van der Waals surface area (Å²) < 4.78 is 29.4. The Morgan fingerprint density at radius 2 is 2.00 bits per heavy atom. The van der Waals surface area contributed by atoms with E-state index in [2.05, 4.69) is 30.5 Å². The standard InChI is InChI=1S/C20H19FN6O4/c1-4-31-18-6-17(30-3)14(9-23-18)15-10-22-11-16(26-15)20(28)27-25-7-12-5-13(29-2)8-24-19(12)21/h5-11H,4H2,1-3H3,(H,27,28)/b25-7+. The van der Waals surface area contributed by atoms with Gasteiger partial charge in [-0.2, -0.15) is 9.49 Å². The van der Waals surface area contributed by atoms with E-state index in [1.807, 2.05) is 6.92 Å². The summed E-state index contributed by atoms with van der Waals surface area (Å²) in [5.74, 6) is -0.177. The molecule has 1 N–H and O–H groups in total. The Kier molecular flexibility index (Phi) is 6.99. The molecule has 160 valence electrons. The van der Waals surface area contributed by atoms with Crippen molar-refractivity contribution in [2.45, 2.75) is 6.92 Å². The van der Waals surface area contributed by atoms with Crippen LogP contribution < -0.4 is 19.6 Å². The number of carbonyl (C=O) groups is 1. The molecule has 10 nitrogen and oxygen atoms in total. The lowest BCUT2D eigenvalue weighted by Gasteiger charge is -2.10. The minimum Gasteiger partial charge on any atom is -0.496 e. The minimum absolute atomic E-state index is 0.00479. The van der Waals surface area contributed by atoms with Crippen LogP contribution in [0, 0.1) is 5.95 Å². The number of methoxy groups -OCH3 is 2. The molecule has 31 heavy (non-hydrogen) atoms. The highest BCUT2D eigenvalue weighted by atomic mass is 19.1. The first-order valence-corrected chi connectivity index (χ1v) is 9.07. The van der Waals surface area contributed by atoms with Gasteiger partial charge in [0.05, 0.1) is 62.5 Å². The summed E-state index contributed by atoms with van der Waals surface area (Å²) in [6.07, 6.45) is 6.61. The third kappa shape index (κ3) is 5.26. The van der Waals surface area contributed by atoms with E-state index < -0.39 is 11.9 Å². The third-order valence-electron chi connectivity index (χ3n) is 3.94. The fourth-order valence-electron chi connectivity index (χ4n) is 2.48. The Bertz CT molecular complexity index is 1110. The molecule has 0 bridgehead atoms. The predicted molar refractivity (Wildman–Crippen MR) is 109 cm³/mol. The van der Waals surface area contributed by atoms with E-state index in [0.717, 1.165) is 6.21 Å².